The Kier molecular flexibility index (Phi) is 5.33. The molecule has 2 aliphatic heterocycles. The average Bonchev–Trinajstić information content (AvgIpc) is 2.65. The lowest BCUT2D eigenvalue weighted by molar-refractivity contribution is -0.0943. The lowest BCUT2D eigenvalue weighted by atomic mass is 9.85. The summed E-state index contributed by atoms with van der Waals surface area (Å²) in [7, 11) is 0. The Hall–Kier alpha value is 0.270. The van der Waals surface area contributed by atoms with Crippen LogP contribution in [-0.2, 0) is 4.74 Å². The van der Waals surface area contributed by atoms with Gasteiger partial charge in [-0.1, -0.05) is 19.8 Å². The highest BCUT2D eigenvalue weighted by molar-refractivity contribution is 7.99. The van der Waals surface area contributed by atoms with Crippen LogP contribution in [0.1, 0.15) is 64.7 Å². The normalized spacial score (nSPS) is 38.5. The molecule has 0 aromatic rings. The van der Waals surface area contributed by atoms with E-state index in [9.17, 15) is 0 Å². The molecule has 1 spiro atoms. The van der Waals surface area contributed by atoms with E-state index in [1.54, 1.807) is 0 Å². The number of hydrogen-bond acceptors (Lipinski definition) is 3. The van der Waals surface area contributed by atoms with Gasteiger partial charge in [0.2, 0.25) is 0 Å². The van der Waals surface area contributed by atoms with E-state index < -0.39 is 0 Å². The molecule has 3 rings (SSSR count). The molecule has 0 radical (unpaired) electrons. The summed E-state index contributed by atoms with van der Waals surface area (Å²) in [6.45, 7) is 3.40. The number of hydrogen-bond donors (Lipinski definition) is 1. The Bertz CT molecular complexity index is 298. The third kappa shape index (κ3) is 3.92. The van der Waals surface area contributed by atoms with Gasteiger partial charge in [-0.2, -0.15) is 11.8 Å². The van der Waals surface area contributed by atoms with Crippen LogP contribution in [0.4, 0.5) is 0 Å². The molecule has 3 heteroatoms. The minimum atomic E-state index is 0.235. The molecule has 116 valence electrons. The molecular formula is C17H31NOS. The lowest BCUT2D eigenvalue weighted by Crippen LogP contribution is -2.51. The molecule has 2 saturated heterocycles. The molecule has 3 fully saturated rings. The molecule has 0 aromatic carbocycles. The summed E-state index contributed by atoms with van der Waals surface area (Å²) < 4.78 is 6.21. The Morgan fingerprint density at radius 3 is 2.70 bits per heavy atom. The third-order valence-electron chi connectivity index (χ3n) is 5.63. The van der Waals surface area contributed by atoms with Crippen molar-refractivity contribution in [3.8, 4) is 0 Å². The van der Waals surface area contributed by atoms with Crippen LogP contribution >= 0.6 is 11.8 Å². The second-order valence-corrected chi connectivity index (χ2v) is 8.54. The molecule has 20 heavy (non-hydrogen) atoms. The zero-order valence-electron chi connectivity index (χ0n) is 13.0. The summed E-state index contributed by atoms with van der Waals surface area (Å²) >= 11 is 2.10. The first-order valence-corrected chi connectivity index (χ1v) is 9.89. The quantitative estimate of drug-likeness (QED) is 0.779. The van der Waals surface area contributed by atoms with E-state index in [1.807, 2.05) is 0 Å². The Balaban J connectivity index is 1.51. The van der Waals surface area contributed by atoms with Crippen LogP contribution in [0.25, 0.3) is 0 Å². The van der Waals surface area contributed by atoms with Gasteiger partial charge in [-0.3, -0.25) is 0 Å². The van der Waals surface area contributed by atoms with Crippen molar-refractivity contribution in [1.29, 1.82) is 0 Å². The SMILES string of the molecule is CC1CCCC(NC2CCOC3(CCSCC3)C2)CC1. The summed E-state index contributed by atoms with van der Waals surface area (Å²) in [5.74, 6) is 3.54. The maximum Gasteiger partial charge on any atom is 0.0713 e. The Morgan fingerprint density at radius 1 is 1.00 bits per heavy atom. The van der Waals surface area contributed by atoms with Crippen molar-refractivity contribution in [2.24, 2.45) is 5.92 Å². The van der Waals surface area contributed by atoms with Crippen molar-refractivity contribution in [1.82, 2.24) is 5.32 Å². The number of nitrogens with one attached hydrogen (secondary N) is 1. The van der Waals surface area contributed by atoms with Gasteiger partial charge in [0.15, 0.2) is 0 Å². The topological polar surface area (TPSA) is 21.3 Å². The van der Waals surface area contributed by atoms with Gasteiger partial charge in [0.05, 0.1) is 5.60 Å². The van der Waals surface area contributed by atoms with E-state index in [4.69, 9.17) is 4.74 Å². The molecule has 3 unspecified atom stereocenters. The molecule has 1 saturated carbocycles. The van der Waals surface area contributed by atoms with Crippen molar-refractivity contribution in [2.75, 3.05) is 18.1 Å². The number of ether oxygens (including phenoxy) is 1. The standard InChI is InChI=1S/C17H31NOS/c1-14-3-2-4-15(6-5-14)18-16-7-10-19-17(13-16)8-11-20-12-9-17/h14-16,18H,2-13H2,1H3. The zero-order valence-corrected chi connectivity index (χ0v) is 13.9. The van der Waals surface area contributed by atoms with Gasteiger partial charge < -0.3 is 10.1 Å². The van der Waals surface area contributed by atoms with Gasteiger partial charge in [-0.25, -0.2) is 0 Å². The first kappa shape index (κ1) is 15.2. The minimum absolute atomic E-state index is 0.235. The van der Waals surface area contributed by atoms with Crippen molar-refractivity contribution < 1.29 is 4.74 Å². The van der Waals surface area contributed by atoms with Crippen molar-refractivity contribution in [2.45, 2.75) is 82.4 Å². The van der Waals surface area contributed by atoms with E-state index in [1.165, 1.54) is 69.3 Å². The lowest BCUT2D eigenvalue weighted by Gasteiger charge is -2.44. The van der Waals surface area contributed by atoms with Crippen LogP contribution in [-0.4, -0.2) is 35.8 Å². The Labute approximate surface area is 128 Å². The molecule has 1 N–H and O–H groups in total. The first-order chi connectivity index (χ1) is 9.76. The largest absolute Gasteiger partial charge is 0.375 e. The molecule has 3 atom stereocenters. The van der Waals surface area contributed by atoms with Crippen LogP contribution < -0.4 is 5.32 Å². The van der Waals surface area contributed by atoms with Gasteiger partial charge in [0.25, 0.3) is 0 Å². The smallest absolute Gasteiger partial charge is 0.0713 e. The van der Waals surface area contributed by atoms with Gasteiger partial charge in [0, 0.05) is 18.7 Å². The highest BCUT2D eigenvalue weighted by atomic mass is 32.2. The van der Waals surface area contributed by atoms with Gasteiger partial charge in [0.1, 0.15) is 0 Å². The molecule has 0 amide bonds. The molecule has 1 aliphatic carbocycles. The molecule has 2 heterocycles. The predicted molar refractivity (Wildman–Crippen MR) is 87.4 cm³/mol. The fourth-order valence-electron chi connectivity index (χ4n) is 4.25. The van der Waals surface area contributed by atoms with Gasteiger partial charge in [-0.05, 0) is 62.4 Å². The van der Waals surface area contributed by atoms with E-state index >= 15 is 0 Å². The van der Waals surface area contributed by atoms with Crippen molar-refractivity contribution >= 4 is 11.8 Å². The highest BCUT2D eigenvalue weighted by Crippen LogP contribution is 2.38. The fraction of sp³-hybridized carbons (Fsp3) is 1.00. The maximum absolute atomic E-state index is 6.21. The van der Waals surface area contributed by atoms with Crippen LogP contribution in [0.3, 0.4) is 0 Å². The summed E-state index contributed by atoms with van der Waals surface area (Å²) in [5.41, 5.74) is 0.235. The summed E-state index contributed by atoms with van der Waals surface area (Å²) in [6, 6.07) is 1.49. The second kappa shape index (κ2) is 7.02. The summed E-state index contributed by atoms with van der Waals surface area (Å²) in [6.07, 6.45) is 12.1. The second-order valence-electron chi connectivity index (χ2n) is 7.31. The van der Waals surface area contributed by atoms with E-state index in [0.29, 0.717) is 6.04 Å². The van der Waals surface area contributed by atoms with Crippen molar-refractivity contribution in [3.63, 3.8) is 0 Å². The maximum atomic E-state index is 6.21. The molecule has 2 nitrogen and oxygen atoms in total. The van der Waals surface area contributed by atoms with Crippen LogP contribution in [0.15, 0.2) is 0 Å². The molecule has 0 bridgehead atoms. The third-order valence-corrected chi connectivity index (χ3v) is 6.61. The molecule has 0 aromatic heterocycles. The van der Waals surface area contributed by atoms with Crippen LogP contribution in [0, 0.1) is 5.92 Å². The molecular weight excluding hydrogens is 266 g/mol. The van der Waals surface area contributed by atoms with E-state index in [2.05, 4.69) is 24.0 Å². The first-order valence-electron chi connectivity index (χ1n) is 8.74. The van der Waals surface area contributed by atoms with E-state index in [0.717, 1.165) is 18.6 Å². The number of rotatable bonds is 2. The monoisotopic (exact) mass is 297 g/mol. The molecule has 3 aliphatic rings. The Morgan fingerprint density at radius 2 is 1.85 bits per heavy atom. The highest BCUT2D eigenvalue weighted by Gasteiger charge is 2.39. The fourth-order valence-corrected chi connectivity index (χ4v) is 5.49. The van der Waals surface area contributed by atoms with E-state index in [-0.39, 0.29) is 5.60 Å². The minimum Gasteiger partial charge on any atom is -0.375 e. The summed E-state index contributed by atoms with van der Waals surface area (Å²) in [4.78, 5) is 0. The van der Waals surface area contributed by atoms with Crippen LogP contribution in [0.2, 0.25) is 0 Å². The summed E-state index contributed by atoms with van der Waals surface area (Å²) in [5, 5.41) is 4.00. The van der Waals surface area contributed by atoms with Gasteiger partial charge >= 0.3 is 0 Å². The van der Waals surface area contributed by atoms with Crippen LogP contribution in [0.5, 0.6) is 0 Å². The number of thioether (sulfide) groups is 1. The predicted octanol–water partition coefficient (Wildman–Crippen LogP) is 3.99. The van der Waals surface area contributed by atoms with Crippen molar-refractivity contribution in [3.05, 3.63) is 0 Å². The average molecular weight is 298 g/mol. The zero-order chi connectivity index (χ0) is 13.8. The van der Waals surface area contributed by atoms with Gasteiger partial charge in [-0.15, -0.1) is 0 Å².